The molecule has 2 aromatic rings. The zero-order chi connectivity index (χ0) is 57.7. The Kier molecular flexibility index (Phi) is 34.7. The summed E-state index contributed by atoms with van der Waals surface area (Å²) in [5, 5.41) is 9.84. The highest BCUT2D eigenvalue weighted by Crippen LogP contribution is 2.38. The molecule has 1 N–H and O–H groups in total. The van der Waals surface area contributed by atoms with Crippen LogP contribution in [0.15, 0.2) is 83.3 Å². The van der Waals surface area contributed by atoms with Crippen molar-refractivity contribution < 1.29 is 57.1 Å². The molecule has 0 radical (unpaired) electrons. The number of benzene rings is 2. The summed E-state index contributed by atoms with van der Waals surface area (Å²) in [6, 6.07) is 19.3. The molecule has 13 heteroatoms. The van der Waals surface area contributed by atoms with Crippen molar-refractivity contribution in [2.45, 2.75) is 284 Å². The molecule has 0 aliphatic carbocycles. The predicted molar refractivity (Wildman–Crippen MR) is 318 cm³/mol. The van der Waals surface area contributed by atoms with E-state index < -0.39 is 51.3 Å². The Morgan fingerprint density at radius 1 is 0.519 bits per heavy atom. The van der Waals surface area contributed by atoms with Gasteiger partial charge in [0, 0.05) is 12.8 Å². The van der Waals surface area contributed by atoms with Crippen molar-refractivity contribution in [1.82, 2.24) is 0 Å². The molecule has 4 rings (SSSR count). The van der Waals surface area contributed by atoms with Crippen LogP contribution >= 0.6 is 0 Å². The fraction of sp³-hybridized carbons (Fsp3) is 0.697. The van der Waals surface area contributed by atoms with Gasteiger partial charge in [0.1, 0.15) is 13.2 Å². The number of ether oxygens (including phenoxy) is 6. The number of carbonyl (C=O) groups is 4. The van der Waals surface area contributed by atoms with E-state index in [4.69, 9.17) is 32.8 Å². The fourth-order valence-electron chi connectivity index (χ4n) is 9.40. The van der Waals surface area contributed by atoms with Crippen molar-refractivity contribution in [3.8, 4) is 0 Å². The minimum absolute atomic E-state index is 0.0130. The average molecular weight is 1120 g/mol. The van der Waals surface area contributed by atoms with E-state index in [1.54, 1.807) is 13.8 Å². The monoisotopic (exact) mass is 1120 g/mol. The van der Waals surface area contributed by atoms with Crippen LogP contribution in [0, 0.1) is 0 Å². The first-order valence-electron chi connectivity index (χ1n) is 30.8. The molecule has 79 heavy (non-hydrogen) atoms. The van der Waals surface area contributed by atoms with Crippen LogP contribution in [0.25, 0.3) is 0 Å². The Labute approximate surface area is 479 Å². The minimum Gasteiger partial charge on any atom is -0.489 e. The Hall–Kier alpha value is -4.46. The molecule has 0 unspecified atom stereocenters. The van der Waals surface area contributed by atoms with Gasteiger partial charge in [-0.15, -0.1) is 0 Å². The van der Waals surface area contributed by atoms with Gasteiger partial charge in [0.2, 0.25) is 0 Å². The van der Waals surface area contributed by atoms with Crippen LogP contribution in [0.5, 0.6) is 0 Å². The maximum Gasteiger partial charge on any atom is 0.338 e. The largest absolute Gasteiger partial charge is 0.489 e. The predicted octanol–water partition coefficient (Wildman–Crippen LogP) is 16.6. The second kappa shape index (κ2) is 39.8. The van der Waals surface area contributed by atoms with Gasteiger partial charge in [-0.1, -0.05) is 249 Å². The van der Waals surface area contributed by atoms with E-state index in [0.717, 1.165) is 49.7 Å². The van der Waals surface area contributed by atoms with Gasteiger partial charge in [-0.25, -0.2) is 9.59 Å². The minimum atomic E-state index is -2.15. The lowest BCUT2D eigenvalue weighted by Crippen LogP contribution is -2.46. The highest BCUT2D eigenvalue weighted by molar-refractivity contribution is 6.74. The highest BCUT2D eigenvalue weighted by Gasteiger charge is 2.45. The van der Waals surface area contributed by atoms with E-state index in [1.165, 1.54) is 128 Å². The molecule has 2 aliphatic rings. The van der Waals surface area contributed by atoms with Gasteiger partial charge in [0.15, 0.2) is 44.3 Å². The summed E-state index contributed by atoms with van der Waals surface area (Å²) in [6.45, 7) is 18.9. The van der Waals surface area contributed by atoms with Crippen LogP contribution in [0.1, 0.15) is 239 Å². The summed E-state index contributed by atoms with van der Waals surface area (Å²) in [5.74, 6) is -0.898. The number of esters is 4. The molecular weight excluding hydrogens is 1010 g/mol. The van der Waals surface area contributed by atoms with E-state index in [2.05, 4.69) is 47.7 Å². The van der Waals surface area contributed by atoms with E-state index in [0.29, 0.717) is 35.7 Å². The quantitative estimate of drug-likeness (QED) is 0.0291. The van der Waals surface area contributed by atoms with Gasteiger partial charge in [0.25, 0.3) is 0 Å². The van der Waals surface area contributed by atoms with Crippen molar-refractivity contribution in [2.75, 3.05) is 13.2 Å². The molecule has 12 nitrogen and oxygen atoms in total. The molecular formula is C66H106O12Si. The summed E-state index contributed by atoms with van der Waals surface area (Å²) in [6.07, 6.45) is 29.5. The number of unbranched alkanes of at least 4 members (excludes halogenated alkanes) is 24. The maximum atomic E-state index is 13.0. The van der Waals surface area contributed by atoms with Crippen molar-refractivity contribution in [2.24, 2.45) is 0 Å². The summed E-state index contributed by atoms with van der Waals surface area (Å²) in [4.78, 5) is 50.2. The third-order valence-corrected chi connectivity index (χ3v) is 20.1. The number of carbonyl (C=O) groups excluding carboxylic acids is 4. The molecule has 2 aromatic carbocycles. The Morgan fingerprint density at radius 2 is 0.835 bits per heavy atom. The average Bonchev–Trinajstić information content (AvgIpc) is 4.01. The second-order valence-electron chi connectivity index (χ2n) is 23.5. The van der Waals surface area contributed by atoms with Gasteiger partial charge in [0.05, 0.1) is 24.4 Å². The molecule has 446 valence electrons. The van der Waals surface area contributed by atoms with Crippen molar-refractivity contribution in [1.29, 1.82) is 0 Å². The van der Waals surface area contributed by atoms with E-state index >= 15 is 0 Å². The molecule has 0 fully saturated rings. The first-order valence-corrected chi connectivity index (χ1v) is 33.7. The molecule has 4 atom stereocenters. The molecule has 0 aromatic heterocycles. The summed E-state index contributed by atoms with van der Waals surface area (Å²) in [7, 11) is -2.15. The van der Waals surface area contributed by atoms with Gasteiger partial charge >= 0.3 is 23.9 Å². The number of cyclic esters (lactones) is 2. The van der Waals surface area contributed by atoms with Crippen molar-refractivity contribution >= 4 is 32.2 Å². The first-order chi connectivity index (χ1) is 38.0. The highest BCUT2D eigenvalue weighted by atomic mass is 28.4. The molecule has 0 saturated carbocycles. The van der Waals surface area contributed by atoms with Gasteiger partial charge in [-0.05, 0) is 55.9 Å². The first kappa shape index (κ1) is 68.8. The van der Waals surface area contributed by atoms with Crippen LogP contribution in [0.3, 0.4) is 0 Å². The fourth-order valence-corrected chi connectivity index (χ4v) is 10.4. The number of hydrogen-bond donors (Lipinski definition) is 1. The summed E-state index contributed by atoms with van der Waals surface area (Å²) in [5.41, 5.74) is 2.66. The summed E-state index contributed by atoms with van der Waals surface area (Å²) < 4.78 is 41.0. The van der Waals surface area contributed by atoms with Crippen LogP contribution < -0.4 is 0 Å². The normalized spacial score (nSPS) is 16.3. The second-order valence-corrected chi connectivity index (χ2v) is 28.3. The van der Waals surface area contributed by atoms with Crippen LogP contribution in [-0.4, -0.2) is 74.9 Å². The number of aliphatic hydroxyl groups is 1. The number of rotatable bonds is 42. The Morgan fingerprint density at radius 3 is 1.16 bits per heavy atom. The lowest BCUT2D eigenvalue weighted by atomic mass is 10.0. The van der Waals surface area contributed by atoms with Gasteiger partial charge in [-0.3, -0.25) is 9.59 Å². The van der Waals surface area contributed by atoms with E-state index in [9.17, 15) is 24.3 Å². The van der Waals surface area contributed by atoms with Crippen LogP contribution in [0.2, 0.25) is 18.1 Å². The molecule has 2 aliphatic heterocycles. The van der Waals surface area contributed by atoms with Crippen molar-refractivity contribution in [3.05, 3.63) is 94.5 Å². The van der Waals surface area contributed by atoms with Crippen LogP contribution in [-0.2, 0) is 65.2 Å². The topological polar surface area (TPSA) is 153 Å². The lowest BCUT2D eigenvalue weighted by molar-refractivity contribution is -0.165. The maximum absolute atomic E-state index is 13.0. The van der Waals surface area contributed by atoms with E-state index in [1.807, 2.05) is 60.7 Å². The molecule has 0 bridgehead atoms. The van der Waals surface area contributed by atoms with Gasteiger partial charge < -0.3 is 38.0 Å². The third-order valence-electron chi connectivity index (χ3n) is 15.6. The molecule has 0 amide bonds. The molecule has 2 heterocycles. The zero-order valence-corrected chi connectivity index (χ0v) is 51.6. The molecule has 0 spiro atoms. The van der Waals surface area contributed by atoms with E-state index in [-0.39, 0.29) is 36.6 Å². The number of aliphatic hydroxyl groups excluding tert-OH is 1. The molecule has 0 saturated heterocycles. The van der Waals surface area contributed by atoms with Crippen LogP contribution in [0.4, 0.5) is 0 Å². The SMILES string of the molecule is CCCCCCCCCCCCCCCC(=O)O[C@@H](CO)[C@H]1OC(=O)C(C)=C1OCc1ccccc1.CCCCCCCCCCCCCCCC(=O)O[C@@H](CO[Si](C)(C)C(C)(C)C)[C@H]1OC(=O)C(C)=C1OCc1ccccc1. The standard InChI is InChI=1S/C36H60O6Si.C30H46O6/c1-8-9-10-11-12-13-14-15-16-17-18-19-23-26-32(37)41-31(28-40-43(6,7)36(3,4)5)34-33(29(2)35(38)42-34)39-27-30-24-21-20-22-25-30;1-3-4-5-6-7-8-9-10-11-12-13-14-18-21-27(32)35-26(22-31)29-28(24(2)30(33)36-29)34-23-25-19-16-15-17-20-25/h20-22,24-25,31,34H,8-19,23,26-28H2,1-7H3;15-17,19-20,26,29,31H,3-14,18,21-23H2,1-2H3/t31-,34+;26-,29+/m00/s1. The third kappa shape index (κ3) is 27.7. The number of hydrogen-bond acceptors (Lipinski definition) is 12. The van der Waals surface area contributed by atoms with Gasteiger partial charge in [-0.2, -0.15) is 0 Å². The Bertz CT molecular complexity index is 2060. The zero-order valence-electron chi connectivity index (χ0n) is 50.6. The smallest absolute Gasteiger partial charge is 0.338 e. The lowest BCUT2D eigenvalue weighted by Gasteiger charge is -2.37. The Balaban J connectivity index is 0.000000422. The van der Waals surface area contributed by atoms with Crippen molar-refractivity contribution in [3.63, 3.8) is 0 Å². The summed E-state index contributed by atoms with van der Waals surface area (Å²) >= 11 is 0.